The van der Waals surface area contributed by atoms with Crippen molar-refractivity contribution in [3.8, 4) is 0 Å². The van der Waals surface area contributed by atoms with Crippen LogP contribution >= 0.6 is 11.8 Å². The quantitative estimate of drug-likeness (QED) is 0.929. The van der Waals surface area contributed by atoms with Gasteiger partial charge in [-0.1, -0.05) is 0 Å². The molecule has 3 heterocycles. The molecule has 2 fully saturated rings. The third-order valence-corrected chi connectivity index (χ3v) is 5.86. The molecule has 3 nitrogen and oxygen atoms in total. The first-order chi connectivity index (χ1) is 9.72. The number of ether oxygens (including phenoxy) is 1. The molecule has 3 atom stereocenters. The Morgan fingerprint density at radius 1 is 1.55 bits per heavy atom. The van der Waals surface area contributed by atoms with Crippen molar-refractivity contribution in [2.24, 2.45) is 5.92 Å². The van der Waals surface area contributed by atoms with E-state index in [0.29, 0.717) is 12.0 Å². The zero-order valence-electron chi connectivity index (χ0n) is 12.4. The van der Waals surface area contributed by atoms with Crippen molar-refractivity contribution in [3.63, 3.8) is 0 Å². The molecular formula is C16H24N2OS. The average molecular weight is 292 g/mol. The van der Waals surface area contributed by atoms with Crippen LogP contribution in [0.2, 0.25) is 0 Å². The van der Waals surface area contributed by atoms with E-state index in [1.54, 1.807) is 0 Å². The van der Waals surface area contributed by atoms with Crippen molar-refractivity contribution >= 4 is 11.8 Å². The molecule has 2 aliphatic heterocycles. The Bertz CT molecular complexity index is 460. The summed E-state index contributed by atoms with van der Waals surface area (Å²) in [6, 6.07) is 4.63. The van der Waals surface area contributed by atoms with E-state index in [1.165, 1.54) is 35.6 Å². The maximum Gasteiger partial charge on any atom is 0.0783 e. The Kier molecular flexibility index (Phi) is 4.34. The highest BCUT2D eigenvalue weighted by Crippen LogP contribution is 2.43. The molecule has 3 rings (SSSR count). The Morgan fingerprint density at radius 3 is 3.15 bits per heavy atom. The summed E-state index contributed by atoms with van der Waals surface area (Å²) in [4.78, 5) is 4.59. The molecule has 1 aromatic heterocycles. The molecule has 0 saturated carbocycles. The number of hydrogen-bond acceptors (Lipinski definition) is 4. The molecule has 3 unspecified atom stereocenters. The van der Waals surface area contributed by atoms with Crippen molar-refractivity contribution in [1.82, 2.24) is 10.3 Å². The van der Waals surface area contributed by atoms with Gasteiger partial charge in [0.1, 0.15) is 0 Å². The predicted octanol–water partition coefficient (Wildman–Crippen LogP) is 2.95. The number of nitrogens with zero attached hydrogens (tertiary/aromatic N) is 1. The molecule has 0 amide bonds. The molecule has 20 heavy (non-hydrogen) atoms. The van der Waals surface area contributed by atoms with Gasteiger partial charge in [0, 0.05) is 18.6 Å². The molecule has 110 valence electrons. The fourth-order valence-electron chi connectivity index (χ4n) is 3.57. The number of aryl methyl sites for hydroxylation is 1. The van der Waals surface area contributed by atoms with Gasteiger partial charge in [-0.3, -0.25) is 4.98 Å². The number of pyridine rings is 1. The summed E-state index contributed by atoms with van der Waals surface area (Å²) in [6.45, 7) is 3.03. The Morgan fingerprint density at radius 2 is 2.45 bits per heavy atom. The highest BCUT2D eigenvalue weighted by molar-refractivity contribution is 7.99. The van der Waals surface area contributed by atoms with Gasteiger partial charge in [-0.25, -0.2) is 0 Å². The van der Waals surface area contributed by atoms with Crippen LogP contribution < -0.4 is 5.32 Å². The third-order valence-electron chi connectivity index (χ3n) is 4.64. The van der Waals surface area contributed by atoms with Crippen LogP contribution in [0.5, 0.6) is 0 Å². The SMILES string of the molecule is CNC(c1cc(C)ccn1)C1CCOC2(CCSC2)C1. The number of rotatable bonds is 3. The van der Waals surface area contributed by atoms with Crippen LogP contribution in [-0.4, -0.2) is 35.7 Å². The molecule has 0 bridgehead atoms. The summed E-state index contributed by atoms with van der Waals surface area (Å²) in [5.74, 6) is 3.04. The van der Waals surface area contributed by atoms with E-state index >= 15 is 0 Å². The van der Waals surface area contributed by atoms with Gasteiger partial charge in [0.2, 0.25) is 0 Å². The Labute approximate surface area is 125 Å². The summed E-state index contributed by atoms with van der Waals surface area (Å²) in [7, 11) is 2.06. The smallest absolute Gasteiger partial charge is 0.0783 e. The van der Waals surface area contributed by atoms with Gasteiger partial charge in [0.25, 0.3) is 0 Å². The molecule has 0 aliphatic carbocycles. The van der Waals surface area contributed by atoms with E-state index < -0.39 is 0 Å². The van der Waals surface area contributed by atoms with Gasteiger partial charge in [0.15, 0.2) is 0 Å². The lowest BCUT2D eigenvalue weighted by Crippen LogP contribution is -2.43. The lowest BCUT2D eigenvalue weighted by molar-refractivity contribution is -0.0852. The van der Waals surface area contributed by atoms with E-state index in [9.17, 15) is 0 Å². The van der Waals surface area contributed by atoms with Crippen LogP contribution in [0.1, 0.15) is 36.6 Å². The summed E-state index contributed by atoms with van der Waals surface area (Å²) in [5.41, 5.74) is 2.61. The first kappa shape index (κ1) is 14.4. The zero-order chi connectivity index (χ0) is 14.0. The van der Waals surface area contributed by atoms with Crippen molar-refractivity contribution in [3.05, 3.63) is 29.6 Å². The third kappa shape index (κ3) is 2.87. The largest absolute Gasteiger partial charge is 0.374 e. The molecule has 1 spiro atoms. The number of thioether (sulfide) groups is 1. The monoisotopic (exact) mass is 292 g/mol. The summed E-state index contributed by atoms with van der Waals surface area (Å²) < 4.78 is 6.14. The average Bonchev–Trinajstić information content (AvgIpc) is 2.88. The van der Waals surface area contributed by atoms with Crippen LogP contribution in [0.3, 0.4) is 0 Å². The minimum Gasteiger partial charge on any atom is -0.374 e. The standard InChI is InChI=1S/C16H24N2OS/c1-12-3-6-18-14(9-12)15(17-2)13-4-7-19-16(10-13)5-8-20-11-16/h3,6,9,13,15,17H,4-5,7-8,10-11H2,1-2H3. The summed E-state index contributed by atoms with van der Waals surface area (Å²) in [5, 5.41) is 3.50. The van der Waals surface area contributed by atoms with Gasteiger partial charge >= 0.3 is 0 Å². The Balaban J connectivity index is 1.78. The molecule has 2 aliphatic rings. The zero-order valence-corrected chi connectivity index (χ0v) is 13.2. The van der Waals surface area contributed by atoms with Crippen molar-refractivity contribution in [1.29, 1.82) is 0 Å². The fourth-order valence-corrected chi connectivity index (χ4v) is 4.95. The van der Waals surface area contributed by atoms with Gasteiger partial charge in [-0.15, -0.1) is 0 Å². The molecule has 0 aromatic carbocycles. The van der Waals surface area contributed by atoms with Gasteiger partial charge in [0.05, 0.1) is 17.3 Å². The summed E-state index contributed by atoms with van der Waals surface area (Å²) >= 11 is 2.04. The molecular weight excluding hydrogens is 268 g/mol. The fraction of sp³-hybridized carbons (Fsp3) is 0.688. The van der Waals surface area contributed by atoms with E-state index in [0.717, 1.165) is 13.0 Å². The highest BCUT2D eigenvalue weighted by atomic mass is 32.2. The van der Waals surface area contributed by atoms with Crippen LogP contribution in [0.15, 0.2) is 18.3 Å². The molecule has 2 saturated heterocycles. The van der Waals surface area contributed by atoms with Crippen LogP contribution in [-0.2, 0) is 4.74 Å². The first-order valence-corrected chi connectivity index (χ1v) is 8.69. The van der Waals surface area contributed by atoms with E-state index in [2.05, 4.69) is 36.4 Å². The van der Waals surface area contributed by atoms with Gasteiger partial charge < -0.3 is 10.1 Å². The first-order valence-electron chi connectivity index (χ1n) is 7.54. The lowest BCUT2D eigenvalue weighted by Gasteiger charge is -2.40. The van der Waals surface area contributed by atoms with Crippen LogP contribution in [0.25, 0.3) is 0 Å². The predicted molar refractivity (Wildman–Crippen MR) is 84.1 cm³/mol. The number of hydrogen-bond donors (Lipinski definition) is 1. The number of nitrogens with one attached hydrogen (secondary N) is 1. The van der Waals surface area contributed by atoms with E-state index in [4.69, 9.17) is 4.74 Å². The minimum absolute atomic E-state index is 0.145. The van der Waals surface area contributed by atoms with E-state index in [1.807, 2.05) is 18.0 Å². The topological polar surface area (TPSA) is 34.2 Å². The van der Waals surface area contributed by atoms with Gasteiger partial charge in [-0.05, 0) is 62.6 Å². The molecule has 1 N–H and O–H groups in total. The van der Waals surface area contributed by atoms with Crippen molar-refractivity contribution in [2.45, 2.75) is 37.8 Å². The maximum absolute atomic E-state index is 6.14. The normalized spacial score (nSPS) is 31.6. The van der Waals surface area contributed by atoms with Gasteiger partial charge in [-0.2, -0.15) is 11.8 Å². The molecule has 4 heteroatoms. The second-order valence-corrected chi connectivity index (χ2v) is 7.22. The maximum atomic E-state index is 6.14. The second-order valence-electron chi connectivity index (χ2n) is 6.11. The minimum atomic E-state index is 0.145. The van der Waals surface area contributed by atoms with E-state index in [-0.39, 0.29) is 5.60 Å². The van der Waals surface area contributed by atoms with Crippen molar-refractivity contribution < 1.29 is 4.74 Å². The second kappa shape index (κ2) is 6.04. The van der Waals surface area contributed by atoms with Crippen LogP contribution in [0, 0.1) is 12.8 Å². The molecule has 0 radical (unpaired) electrons. The highest BCUT2D eigenvalue weighted by Gasteiger charge is 2.42. The molecule has 1 aromatic rings. The summed E-state index contributed by atoms with van der Waals surface area (Å²) in [6.07, 6.45) is 5.44. The Hall–Kier alpha value is -0.580. The number of aromatic nitrogens is 1. The lowest BCUT2D eigenvalue weighted by atomic mass is 9.80. The van der Waals surface area contributed by atoms with Crippen LogP contribution in [0.4, 0.5) is 0 Å². The van der Waals surface area contributed by atoms with Crippen molar-refractivity contribution in [2.75, 3.05) is 25.2 Å².